The molecule has 2 heterocycles. The molecule has 1 aliphatic heterocycles. The lowest BCUT2D eigenvalue weighted by Gasteiger charge is -2.13. The van der Waals surface area contributed by atoms with E-state index in [4.69, 9.17) is 4.42 Å². The highest BCUT2D eigenvalue weighted by Gasteiger charge is 2.28. The fraction of sp³-hybridized carbons (Fsp3) is 0.353. The fourth-order valence-electron chi connectivity index (χ4n) is 2.81. The number of para-hydroxylation sites is 1. The molecule has 1 N–H and O–H groups in total. The number of benzene rings is 1. The summed E-state index contributed by atoms with van der Waals surface area (Å²) in [5, 5.41) is 3.80. The zero-order chi connectivity index (χ0) is 17.2. The second-order valence-corrected chi connectivity index (χ2v) is 8.02. The van der Waals surface area contributed by atoms with Crippen LogP contribution >= 0.6 is 0 Å². The van der Waals surface area contributed by atoms with E-state index in [1.807, 2.05) is 30.3 Å². The summed E-state index contributed by atoms with van der Waals surface area (Å²) in [6, 6.07) is 9.52. The second kappa shape index (κ2) is 6.78. The number of rotatable bonds is 5. The number of furan rings is 1. The van der Waals surface area contributed by atoms with E-state index in [0.29, 0.717) is 25.4 Å². The number of carbonyl (C=O) groups is 1. The highest BCUT2D eigenvalue weighted by Crippen LogP contribution is 2.20. The van der Waals surface area contributed by atoms with Gasteiger partial charge in [-0.2, -0.15) is 0 Å². The Hall–Kier alpha value is -2.12. The summed E-state index contributed by atoms with van der Waals surface area (Å²) in [7, 11) is -3.14. The van der Waals surface area contributed by atoms with Crippen LogP contribution in [0.1, 0.15) is 12.2 Å². The molecule has 0 bridgehead atoms. The van der Waals surface area contributed by atoms with Crippen molar-refractivity contribution in [3.8, 4) is 0 Å². The molecule has 1 aromatic heterocycles. The second-order valence-electron chi connectivity index (χ2n) is 6.04. The lowest BCUT2D eigenvalue weighted by molar-refractivity contribution is -0.116. The van der Waals surface area contributed by atoms with Gasteiger partial charge in [0.05, 0.1) is 6.26 Å². The van der Waals surface area contributed by atoms with Gasteiger partial charge >= 0.3 is 0 Å². The van der Waals surface area contributed by atoms with Gasteiger partial charge in [-0.1, -0.05) is 18.2 Å². The molecule has 7 heteroatoms. The summed E-state index contributed by atoms with van der Waals surface area (Å²) in [6.45, 7) is 1.45. The van der Waals surface area contributed by atoms with E-state index in [-0.39, 0.29) is 11.8 Å². The van der Waals surface area contributed by atoms with E-state index >= 15 is 0 Å². The maximum Gasteiger partial charge on any atom is 0.244 e. The average molecular weight is 348 g/mol. The van der Waals surface area contributed by atoms with Crippen LogP contribution in [0.4, 0.5) is 0 Å². The molecule has 24 heavy (non-hydrogen) atoms. The van der Waals surface area contributed by atoms with Crippen LogP contribution in [0.25, 0.3) is 17.0 Å². The quantitative estimate of drug-likeness (QED) is 0.836. The molecule has 0 saturated carbocycles. The highest BCUT2D eigenvalue weighted by atomic mass is 32.2. The normalized spacial score (nSPS) is 19.3. The van der Waals surface area contributed by atoms with Crippen molar-refractivity contribution < 1.29 is 17.6 Å². The van der Waals surface area contributed by atoms with Crippen molar-refractivity contribution in [1.82, 2.24) is 9.62 Å². The molecule has 1 amide bonds. The number of nitrogens with zero attached hydrogens (tertiary/aromatic N) is 1. The van der Waals surface area contributed by atoms with Gasteiger partial charge in [0.2, 0.25) is 15.9 Å². The van der Waals surface area contributed by atoms with E-state index < -0.39 is 10.0 Å². The topological polar surface area (TPSA) is 79.6 Å². The maximum atomic E-state index is 11.9. The summed E-state index contributed by atoms with van der Waals surface area (Å²) < 4.78 is 30.0. The monoisotopic (exact) mass is 348 g/mol. The Kier molecular flexibility index (Phi) is 4.73. The number of carbonyl (C=O) groups excluding carboxylic acids is 1. The number of fused-ring (bicyclic) bond motifs is 1. The number of hydrogen-bond donors (Lipinski definition) is 1. The van der Waals surface area contributed by atoms with Gasteiger partial charge in [-0.05, 0) is 30.5 Å². The Morgan fingerprint density at radius 3 is 2.92 bits per heavy atom. The Labute approximate surface area is 141 Å². The Balaban J connectivity index is 1.51. The molecule has 1 aromatic carbocycles. The van der Waals surface area contributed by atoms with Gasteiger partial charge in [-0.3, -0.25) is 4.79 Å². The van der Waals surface area contributed by atoms with Crippen LogP contribution in [-0.4, -0.2) is 44.5 Å². The molecule has 1 saturated heterocycles. The first-order chi connectivity index (χ1) is 11.4. The molecule has 3 rings (SSSR count). The van der Waals surface area contributed by atoms with Gasteiger partial charge in [0.15, 0.2) is 0 Å². The van der Waals surface area contributed by atoms with Crippen LogP contribution in [-0.2, 0) is 14.8 Å². The van der Waals surface area contributed by atoms with E-state index in [0.717, 1.165) is 17.4 Å². The van der Waals surface area contributed by atoms with Crippen LogP contribution < -0.4 is 5.32 Å². The lowest BCUT2D eigenvalue weighted by Crippen LogP contribution is -2.31. The molecule has 2 aromatic rings. The van der Waals surface area contributed by atoms with Crippen LogP contribution in [0, 0.1) is 5.92 Å². The van der Waals surface area contributed by atoms with Crippen molar-refractivity contribution in [2.45, 2.75) is 6.42 Å². The van der Waals surface area contributed by atoms with Crippen molar-refractivity contribution in [3.63, 3.8) is 0 Å². The Morgan fingerprint density at radius 2 is 2.21 bits per heavy atom. The van der Waals surface area contributed by atoms with E-state index in [2.05, 4.69) is 5.32 Å². The van der Waals surface area contributed by atoms with Crippen molar-refractivity contribution in [2.24, 2.45) is 5.92 Å². The Morgan fingerprint density at radius 1 is 1.42 bits per heavy atom. The molecule has 0 aliphatic carbocycles. The third-order valence-electron chi connectivity index (χ3n) is 4.13. The van der Waals surface area contributed by atoms with Crippen molar-refractivity contribution >= 4 is 33.0 Å². The predicted molar refractivity (Wildman–Crippen MR) is 92.8 cm³/mol. The average Bonchev–Trinajstić information content (AvgIpc) is 3.16. The summed E-state index contributed by atoms with van der Waals surface area (Å²) in [5.74, 6) is 0.562. The van der Waals surface area contributed by atoms with Crippen LogP contribution in [0.3, 0.4) is 0 Å². The predicted octanol–water partition coefficient (Wildman–Crippen LogP) is 1.84. The van der Waals surface area contributed by atoms with Crippen LogP contribution in [0.15, 0.2) is 40.8 Å². The van der Waals surface area contributed by atoms with Gasteiger partial charge in [0.1, 0.15) is 11.3 Å². The highest BCUT2D eigenvalue weighted by molar-refractivity contribution is 7.88. The molecule has 1 atom stereocenters. The standard InChI is InChI=1S/C17H20N2O4S/c1-24(21,22)19-9-8-13(12-19)11-18-17(20)7-6-15-10-14-4-2-3-5-16(14)23-15/h2-7,10,13H,8-9,11-12H2,1H3,(H,18,20)/b7-6+/t13-/m0/s1. The first-order valence-electron chi connectivity index (χ1n) is 7.81. The number of hydrogen-bond acceptors (Lipinski definition) is 4. The van der Waals surface area contributed by atoms with Crippen molar-refractivity contribution in [2.75, 3.05) is 25.9 Å². The number of amides is 1. The van der Waals surface area contributed by atoms with E-state index in [1.54, 1.807) is 6.08 Å². The minimum atomic E-state index is -3.14. The summed E-state index contributed by atoms with van der Waals surface area (Å²) >= 11 is 0. The molecular formula is C17H20N2O4S. The van der Waals surface area contributed by atoms with Gasteiger partial charge in [0, 0.05) is 31.1 Å². The minimum absolute atomic E-state index is 0.156. The summed E-state index contributed by atoms with van der Waals surface area (Å²) in [5.41, 5.74) is 0.782. The molecule has 128 valence electrons. The molecule has 1 fully saturated rings. The molecule has 0 spiro atoms. The first kappa shape index (κ1) is 16.7. The SMILES string of the molecule is CS(=O)(=O)N1CC[C@@H](CNC(=O)/C=C/c2cc3ccccc3o2)C1. The third-order valence-corrected chi connectivity index (χ3v) is 5.40. The van der Waals surface area contributed by atoms with E-state index in [9.17, 15) is 13.2 Å². The zero-order valence-corrected chi connectivity index (χ0v) is 14.3. The van der Waals surface area contributed by atoms with Crippen molar-refractivity contribution in [1.29, 1.82) is 0 Å². The molecule has 0 unspecified atom stereocenters. The van der Waals surface area contributed by atoms with Gasteiger partial charge in [0.25, 0.3) is 0 Å². The number of sulfonamides is 1. The van der Waals surface area contributed by atoms with Crippen LogP contribution in [0.5, 0.6) is 0 Å². The first-order valence-corrected chi connectivity index (χ1v) is 9.66. The zero-order valence-electron chi connectivity index (χ0n) is 13.4. The van der Waals surface area contributed by atoms with Crippen molar-refractivity contribution in [3.05, 3.63) is 42.2 Å². The fourth-order valence-corrected chi connectivity index (χ4v) is 3.73. The van der Waals surface area contributed by atoms with Crippen LogP contribution in [0.2, 0.25) is 0 Å². The largest absolute Gasteiger partial charge is 0.457 e. The third kappa shape index (κ3) is 4.04. The van der Waals surface area contributed by atoms with Gasteiger partial charge < -0.3 is 9.73 Å². The minimum Gasteiger partial charge on any atom is -0.457 e. The summed E-state index contributed by atoms with van der Waals surface area (Å²) in [6.07, 6.45) is 5.04. The lowest BCUT2D eigenvalue weighted by atomic mass is 10.1. The maximum absolute atomic E-state index is 11.9. The molecular weight excluding hydrogens is 328 g/mol. The van der Waals surface area contributed by atoms with Gasteiger partial charge in [-0.25, -0.2) is 12.7 Å². The van der Waals surface area contributed by atoms with Gasteiger partial charge in [-0.15, -0.1) is 0 Å². The summed E-state index contributed by atoms with van der Waals surface area (Å²) in [4.78, 5) is 11.9. The Bertz CT molecular complexity index is 837. The smallest absolute Gasteiger partial charge is 0.244 e. The van der Waals surface area contributed by atoms with E-state index in [1.165, 1.54) is 16.6 Å². The number of nitrogens with one attached hydrogen (secondary N) is 1. The molecule has 6 nitrogen and oxygen atoms in total. The molecule has 1 aliphatic rings. The molecule has 0 radical (unpaired) electrons.